The van der Waals surface area contributed by atoms with E-state index < -0.39 is 0 Å². The number of amides is 1. The Hall–Kier alpha value is -1.53. The Morgan fingerprint density at radius 3 is 2.78 bits per heavy atom. The predicted octanol–water partition coefficient (Wildman–Crippen LogP) is 1.19. The van der Waals surface area contributed by atoms with Crippen LogP contribution in [0.3, 0.4) is 0 Å². The van der Waals surface area contributed by atoms with Crippen molar-refractivity contribution in [3.63, 3.8) is 0 Å². The van der Waals surface area contributed by atoms with Crippen LogP contribution in [0.5, 0.6) is 0 Å². The van der Waals surface area contributed by atoms with E-state index in [1.54, 1.807) is 12.4 Å². The summed E-state index contributed by atoms with van der Waals surface area (Å²) >= 11 is 0. The molecule has 1 unspecified atom stereocenters. The molecule has 0 N–H and O–H groups in total. The molecule has 0 aromatic carbocycles. The third-order valence-electron chi connectivity index (χ3n) is 5.38. The minimum Gasteiger partial charge on any atom is -0.371 e. The summed E-state index contributed by atoms with van der Waals surface area (Å²) in [6.07, 6.45) is 9.64. The fourth-order valence-electron chi connectivity index (χ4n) is 4.01. The number of carbonyl (C=O) groups excluding carboxylic acids is 1. The van der Waals surface area contributed by atoms with Crippen molar-refractivity contribution in [1.82, 2.24) is 19.8 Å². The highest BCUT2D eigenvalue weighted by atomic mass is 16.5. The highest BCUT2D eigenvalue weighted by molar-refractivity contribution is 5.92. The molecular weight excluding hydrogens is 292 g/mol. The Labute approximate surface area is 136 Å². The van der Waals surface area contributed by atoms with E-state index in [9.17, 15) is 4.79 Å². The molecule has 1 amide bonds. The predicted molar refractivity (Wildman–Crippen MR) is 85.0 cm³/mol. The molecule has 0 aliphatic carbocycles. The maximum Gasteiger partial charge on any atom is 0.274 e. The molecule has 0 bridgehead atoms. The summed E-state index contributed by atoms with van der Waals surface area (Å²) in [6, 6.07) is 0. The number of likely N-dealkylation sites (tertiary alicyclic amines) is 2. The molecule has 4 heterocycles. The maximum atomic E-state index is 12.3. The van der Waals surface area contributed by atoms with E-state index in [2.05, 4.69) is 14.9 Å². The van der Waals surface area contributed by atoms with E-state index in [0.29, 0.717) is 24.7 Å². The van der Waals surface area contributed by atoms with Gasteiger partial charge in [-0.3, -0.25) is 9.78 Å². The molecule has 124 valence electrons. The fraction of sp³-hybridized carbons (Fsp3) is 0.706. The molecule has 3 aliphatic rings. The zero-order chi connectivity index (χ0) is 15.7. The fourth-order valence-corrected chi connectivity index (χ4v) is 4.01. The van der Waals surface area contributed by atoms with Crippen LogP contribution in [0.4, 0.5) is 0 Å². The summed E-state index contributed by atoms with van der Waals surface area (Å²) < 4.78 is 6.18. The van der Waals surface area contributed by atoms with Crippen molar-refractivity contribution >= 4 is 5.91 Å². The van der Waals surface area contributed by atoms with Gasteiger partial charge in [0.15, 0.2) is 0 Å². The molecule has 4 rings (SSSR count). The average molecular weight is 316 g/mol. The minimum atomic E-state index is -0.0978. The highest BCUT2D eigenvalue weighted by Crippen LogP contribution is 2.36. The summed E-state index contributed by atoms with van der Waals surface area (Å²) in [5.41, 5.74) is 0.324. The second-order valence-electron chi connectivity index (χ2n) is 7.16. The Kier molecular flexibility index (Phi) is 4.03. The Morgan fingerprint density at radius 1 is 1.30 bits per heavy atom. The number of rotatable bonds is 3. The normalized spacial score (nSPS) is 27.1. The summed E-state index contributed by atoms with van der Waals surface area (Å²) in [5, 5.41) is 0. The molecule has 1 spiro atoms. The van der Waals surface area contributed by atoms with Gasteiger partial charge in [0.05, 0.1) is 25.9 Å². The van der Waals surface area contributed by atoms with Gasteiger partial charge in [0, 0.05) is 18.9 Å². The van der Waals surface area contributed by atoms with E-state index in [-0.39, 0.29) is 11.5 Å². The zero-order valence-electron chi connectivity index (χ0n) is 13.5. The second-order valence-corrected chi connectivity index (χ2v) is 7.16. The molecule has 1 aromatic rings. The van der Waals surface area contributed by atoms with Crippen molar-refractivity contribution in [2.24, 2.45) is 5.92 Å². The summed E-state index contributed by atoms with van der Waals surface area (Å²) in [5.74, 6) is 0.620. The van der Waals surface area contributed by atoms with E-state index in [1.807, 2.05) is 4.90 Å². The van der Waals surface area contributed by atoms with Crippen LogP contribution >= 0.6 is 0 Å². The summed E-state index contributed by atoms with van der Waals surface area (Å²) in [6.45, 7) is 5.91. The lowest BCUT2D eigenvalue weighted by atomic mass is 9.82. The highest BCUT2D eigenvalue weighted by Gasteiger charge is 2.48. The SMILES string of the molecule is O=C(c1cnccn1)N1CC2(CCC(CN3CCCC3)CO2)C1. The van der Waals surface area contributed by atoms with Crippen molar-refractivity contribution < 1.29 is 9.53 Å². The number of hydrogen-bond acceptors (Lipinski definition) is 5. The third-order valence-corrected chi connectivity index (χ3v) is 5.38. The van der Waals surface area contributed by atoms with Crippen LogP contribution in [0.25, 0.3) is 0 Å². The van der Waals surface area contributed by atoms with Crippen molar-refractivity contribution in [2.45, 2.75) is 31.3 Å². The first-order valence-corrected chi connectivity index (χ1v) is 8.66. The van der Waals surface area contributed by atoms with Gasteiger partial charge in [-0.15, -0.1) is 0 Å². The van der Waals surface area contributed by atoms with Gasteiger partial charge in [0.25, 0.3) is 5.91 Å². The molecule has 3 saturated heterocycles. The largest absolute Gasteiger partial charge is 0.371 e. The Bertz CT molecular complexity index is 543. The minimum absolute atomic E-state index is 0.0356. The van der Waals surface area contributed by atoms with Gasteiger partial charge in [-0.05, 0) is 44.7 Å². The van der Waals surface area contributed by atoms with E-state index in [1.165, 1.54) is 45.1 Å². The van der Waals surface area contributed by atoms with Crippen molar-refractivity contribution in [2.75, 3.05) is 39.3 Å². The monoisotopic (exact) mass is 316 g/mol. The summed E-state index contributed by atoms with van der Waals surface area (Å²) in [7, 11) is 0. The number of carbonyl (C=O) groups is 1. The zero-order valence-corrected chi connectivity index (χ0v) is 13.5. The number of ether oxygens (including phenoxy) is 1. The quantitative estimate of drug-likeness (QED) is 0.838. The molecule has 3 aliphatic heterocycles. The van der Waals surface area contributed by atoms with Crippen molar-refractivity contribution in [3.8, 4) is 0 Å². The van der Waals surface area contributed by atoms with Gasteiger partial charge in [-0.1, -0.05) is 0 Å². The molecule has 6 nitrogen and oxygen atoms in total. The molecule has 0 radical (unpaired) electrons. The average Bonchev–Trinajstić information content (AvgIpc) is 3.07. The maximum absolute atomic E-state index is 12.3. The summed E-state index contributed by atoms with van der Waals surface area (Å²) in [4.78, 5) is 24.7. The molecule has 1 aromatic heterocycles. The van der Waals surface area contributed by atoms with Crippen LogP contribution in [0.2, 0.25) is 0 Å². The van der Waals surface area contributed by atoms with Gasteiger partial charge >= 0.3 is 0 Å². The first kappa shape index (κ1) is 15.0. The lowest BCUT2D eigenvalue weighted by Crippen LogP contribution is -2.66. The third kappa shape index (κ3) is 3.10. The van der Waals surface area contributed by atoms with Gasteiger partial charge in [-0.25, -0.2) is 4.98 Å². The second kappa shape index (κ2) is 6.17. The lowest BCUT2D eigenvalue weighted by molar-refractivity contribution is -0.168. The lowest BCUT2D eigenvalue weighted by Gasteiger charge is -2.52. The standard InChI is InChI=1S/C17H24N4O2/c22-16(15-9-18-5-6-19-15)21-12-17(13-21)4-3-14(11-23-17)10-20-7-1-2-8-20/h5-6,9,14H,1-4,7-8,10-13H2. The van der Waals surface area contributed by atoms with Crippen LogP contribution in [-0.4, -0.2) is 70.6 Å². The van der Waals surface area contributed by atoms with Gasteiger partial charge in [0.1, 0.15) is 11.3 Å². The van der Waals surface area contributed by atoms with E-state index >= 15 is 0 Å². The molecule has 3 fully saturated rings. The van der Waals surface area contributed by atoms with Crippen LogP contribution in [0.15, 0.2) is 18.6 Å². The number of hydrogen-bond donors (Lipinski definition) is 0. The molecule has 0 saturated carbocycles. The van der Waals surface area contributed by atoms with Crippen LogP contribution < -0.4 is 0 Å². The molecule has 23 heavy (non-hydrogen) atoms. The van der Waals surface area contributed by atoms with Gasteiger partial charge in [-0.2, -0.15) is 0 Å². The van der Waals surface area contributed by atoms with Gasteiger partial charge < -0.3 is 14.5 Å². The van der Waals surface area contributed by atoms with Crippen LogP contribution in [0, 0.1) is 5.92 Å². The molecule has 6 heteroatoms. The first-order chi connectivity index (χ1) is 11.2. The Morgan fingerprint density at radius 2 is 2.13 bits per heavy atom. The smallest absolute Gasteiger partial charge is 0.274 e. The van der Waals surface area contributed by atoms with Gasteiger partial charge in [0.2, 0.25) is 0 Å². The van der Waals surface area contributed by atoms with Crippen molar-refractivity contribution in [1.29, 1.82) is 0 Å². The van der Waals surface area contributed by atoms with Crippen LogP contribution in [0.1, 0.15) is 36.2 Å². The topological polar surface area (TPSA) is 58.6 Å². The van der Waals surface area contributed by atoms with E-state index in [0.717, 1.165) is 13.0 Å². The van der Waals surface area contributed by atoms with Crippen LogP contribution in [-0.2, 0) is 4.74 Å². The first-order valence-electron chi connectivity index (χ1n) is 8.66. The van der Waals surface area contributed by atoms with E-state index in [4.69, 9.17) is 4.74 Å². The number of nitrogens with zero attached hydrogens (tertiary/aromatic N) is 4. The Balaban J connectivity index is 1.26. The van der Waals surface area contributed by atoms with Crippen molar-refractivity contribution in [3.05, 3.63) is 24.3 Å². The molecule has 1 atom stereocenters. The number of aromatic nitrogens is 2. The molecular formula is C17H24N4O2.